The molecule has 1 amide bonds. The minimum atomic E-state index is -3.36. The zero-order chi connectivity index (χ0) is 17.9. The average molecular weight is 387 g/mol. The first kappa shape index (κ1) is 18.6. The molecule has 0 fully saturated rings. The Morgan fingerprint density at radius 1 is 1.08 bits per heavy atom. The maximum absolute atomic E-state index is 12.3. The molecule has 0 aliphatic carbocycles. The monoisotopic (exact) mass is 386 g/mol. The molecular weight excluding hydrogens is 371 g/mol. The molecule has 0 aliphatic rings. The molecule has 24 heavy (non-hydrogen) atoms. The summed E-state index contributed by atoms with van der Waals surface area (Å²) in [6.07, 6.45) is 1.08. The molecule has 0 radical (unpaired) electrons. The van der Waals surface area contributed by atoms with Crippen LogP contribution < -0.4 is 10.0 Å². The minimum absolute atomic E-state index is 0.302. The predicted molar refractivity (Wildman–Crippen MR) is 97.3 cm³/mol. The summed E-state index contributed by atoms with van der Waals surface area (Å²) < 4.78 is 25.0. The van der Waals surface area contributed by atoms with Crippen molar-refractivity contribution in [1.29, 1.82) is 0 Å². The lowest BCUT2D eigenvalue weighted by atomic mass is 10.1. The third-order valence-electron chi connectivity index (χ3n) is 3.22. The number of hydrogen-bond donors (Lipinski definition) is 2. The van der Waals surface area contributed by atoms with E-state index >= 15 is 0 Å². The van der Waals surface area contributed by atoms with E-state index in [0.29, 0.717) is 21.3 Å². The second-order valence-corrected chi connectivity index (χ2v) is 7.89. The number of benzene rings is 2. The van der Waals surface area contributed by atoms with Crippen molar-refractivity contribution in [3.8, 4) is 0 Å². The summed E-state index contributed by atoms with van der Waals surface area (Å²) in [6, 6.07) is 11.1. The standard InChI is InChI=1S/C16H16Cl2N2O3S/c1-10(11-4-3-5-13(8-11)20-24(2,22)23)19-16(21)12-6-7-14(17)15(18)9-12/h3-10,20H,1-2H3,(H,19,21)/t10-/m0/s1. The van der Waals surface area contributed by atoms with Crippen molar-refractivity contribution in [3.05, 3.63) is 63.6 Å². The number of hydrogen-bond acceptors (Lipinski definition) is 3. The van der Waals surface area contributed by atoms with Crippen molar-refractivity contribution in [2.75, 3.05) is 11.0 Å². The van der Waals surface area contributed by atoms with Gasteiger partial charge in [-0.15, -0.1) is 0 Å². The number of sulfonamides is 1. The summed E-state index contributed by atoms with van der Waals surface area (Å²) in [5, 5.41) is 3.51. The average Bonchev–Trinajstić information content (AvgIpc) is 2.48. The Kier molecular flexibility index (Phi) is 5.74. The van der Waals surface area contributed by atoms with Crippen LogP contribution in [0.3, 0.4) is 0 Å². The fraction of sp³-hybridized carbons (Fsp3) is 0.188. The molecular formula is C16H16Cl2N2O3S. The fourth-order valence-electron chi connectivity index (χ4n) is 2.09. The molecule has 0 aliphatic heterocycles. The molecule has 0 heterocycles. The molecule has 0 saturated carbocycles. The van der Waals surface area contributed by atoms with Crippen LogP contribution in [0.25, 0.3) is 0 Å². The number of anilines is 1. The highest BCUT2D eigenvalue weighted by atomic mass is 35.5. The highest BCUT2D eigenvalue weighted by Crippen LogP contribution is 2.23. The summed E-state index contributed by atoms with van der Waals surface area (Å²) in [7, 11) is -3.36. The fourth-order valence-corrected chi connectivity index (χ4v) is 2.94. The molecule has 0 aromatic heterocycles. The quantitative estimate of drug-likeness (QED) is 0.818. The van der Waals surface area contributed by atoms with Gasteiger partial charge in [0.05, 0.1) is 22.3 Å². The molecule has 1 atom stereocenters. The zero-order valence-corrected chi connectivity index (χ0v) is 15.3. The van der Waals surface area contributed by atoms with E-state index in [1.165, 1.54) is 6.07 Å². The van der Waals surface area contributed by atoms with E-state index in [-0.39, 0.29) is 11.9 Å². The van der Waals surface area contributed by atoms with Gasteiger partial charge in [0.1, 0.15) is 0 Å². The molecule has 0 saturated heterocycles. The molecule has 128 valence electrons. The first-order valence-corrected chi connectivity index (χ1v) is 9.64. The van der Waals surface area contributed by atoms with Crippen LogP contribution in [0.4, 0.5) is 5.69 Å². The van der Waals surface area contributed by atoms with Gasteiger partial charge in [-0.25, -0.2) is 8.42 Å². The molecule has 2 aromatic carbocycles. The van der Waals surface area contributed by atoms with Crippen LogP contribution in [0.2, 0.25) is 10.0 Å². The first-order chi connectivity index (χ1) is 11.2. The SMILES string of the molecule is C[C@H](NC(=O)c1ccc(Cl)c(Cl)c1)c1cccc(NS(C)(=O)=O)c1. The minimum Gasteiger partial charge on any atom is -0.346 e. The lowest BCUT2D eigenvalue weighted by molar-refractivity contribution is 0.0940. The Hall–Kier alpha value is -1.76. The number of halogens is 2. The molecule has 0 spiro atoms. The van der Waals surface area contributed by atoms with Crippen molar-refractivity contribution in [1.82, 2.24) is 5.32 Å². The molecule has 2 rings (SSSR count). The number of carbonyl (C=O) groups excluding carboxylic acids is 1. The van der Waals surface area contributed by atoms with Gasteiger partial charge in [-0.05, 0) is 42.8 Å². The topological polar surface area (TPSA) is 75.3 Å². The van der Waals surface area contributed by atoms with Crippen molar-refractivity contribution in [2.45, 2.75) is 13.0 Å². The Morgan fingerprint density at radius 3 is 2.42 bits per heavy atom. The predicted octanol–water partition coefficient (Wildman–Crippen LogP) is 3.86. The second kappa shape index (κ2) is 7.42. The number of amides is 1. The van der Waals surface area contributed by atoms with Crippen LogP contribution in [-0.2, 0) is 10.0 Å². The normalized spacial score (nSPS) is 12.5. The van der Waals surface area contributed by atoms with Crippen molar-refractivity contribution < 1.29 is 13.2 Å². The van der Waals surface area contributed by atoms with Gasteiger partial charge in [0.2, 0.25) is 10.0 Å². The molecule has 0 unspecified atom stereocenters. The van der Waals surface area contributed by atoms with Crippen LogP contribution in [-0.4, -0.2) is 20.6 Å². The van der Waals surface area contributed by atoms with Gasteiger partial charge in [-0.1, -0.05) is 35.3 Å². The maximum atomic E-state index is 12.3. The summed E-state index contributed by atoms with van der Waals surface area (Å²) in [6.45, 7) is 1.80. The van der Waals surface area contributed by atoms with E-state index in [9.17, 15) is 13.2 Å². The van der Waals surface area contributed by atoms with Crippen molar-refractivity contribution >= 4 is 44.8 Å². The lowest BCUT2D eigenvalue weighted by Crippen LogP contribution is -2.26. The van der Waals surface area contributed by atoms with Crippen LogP contribution in [0.1, 0.15) is 28.9 Å². The molecule has 5 nitrogen and oxygen atoms in total. The van der Waals surface area contributed by atoms with Crippen LogP contribution in [0, 0.1) is 0 Å². The third kappa shape index (κ3) is 5.12. The third-order valence-corrected chi connectivity index (χ3v) is 4.56. The Balaban J connectivity index is 2.14. The largest absolute Gasteiger partial charge is 0.346 e. The van der Waals surface area contributed by atoms with Crippen LogP contribution in [0.5, 0.6) is 0 Å². The molecule has 2 N–H and O–H groups in total. The van der Waals surface area contributed by atoms with Gasteiger partial charge in [0.15, 0.2) is 0 Å². The van der Waals surface area contributed by atoms with Gasteiger partial charge in [0, 0.05) is 11.3 Å². The van der Waals surface area contributed by atoms with E-state index in [1.807, 2.05) is 0 Å². The summed E-state index contributed by atoms with van der Waals surface area (Å²) in [5.74, 6) is -0.303. The van der Waals surface area contributed by atoms with E-state index in [2.05, 4.69) is 10.0 Å². The number of carbonyl (C=O) groups is 1. The Morgan fingerprint density at radius 2 is 1.79 bits per heavy atom. The molecule has 8 heteroatoms. The van der Waals surface area contributed by atoms with E-state index in [4.69, 9.17) is 23.2 Å². The van der Waals surface area contributed by atoms with Gasteiger partial charge in [-0.3, -0.25) is 9.52 Å². The van der Waals surface area contributed by atoms with E-state index in [0.717, 1.165) is 11.8 Å². The van der Waals surface area contributed by atoms with Gasteiger partial charge in [0.25, 0.3) is 5.91 Å². The first-order valence-electron chi connectivity index (χ1n) is 6.99. The summed E-state index contributed by atoms with van der Waals surface area (Å²) in [5.41, 5.74) is 1.59. The smallest absolute Gasteiger partial charge is 0.251 e. The molecule has 0 bridgehead atoms. The number of nitrogens with one attached hydrogen (secondary N) is 2. The van der Waals surface area contributed by atoms with Crippen molar-refractivity contribution in [2.24, 2.45) is 0 Å². The van der Waals surface area contributed by atoms with Crippen molar-refractivity contribution in [3.63, 3.8) is 0 Å². The Bertz CT molecular complexity index is 869. The second-order valence-electron chi connectivity index (χ2n) is 5.32. The highest BCUT2D eigenvalue weighted by molar-refractivity contribution is 7.92. The van der Waals surface area contributed by atoms with Gasteiger partial charge < -0.3 is 5.32 Å². The zero-order valence-electron chi connectivity index (χ0n) is 13.0. The number of rotatable bonds is 5. The summed E-state index contributed by atoms with van der Waals surface area (Å²) in [4.78, 5) is 12.3. The van der Waals surface area contributed by atoms with Crippen LogP contribution in [0.15, 0.2) is 42.5 Å². The van der Waals surface area contributed by atoms with E-state index < -0.39 is 10.0 Å². The Labute approximate surface area is 151 Å². The lowest BCUT2D eigenvalue weighted by Gasteiger charge is -2.16. The maximum Gasteiger partial charge on any atom is 0.251 e. The molecule has 2 aromatic rings. The summed E-state index contributed by atoms with van der Waals surface area (Å²) >= 11 is 11.8. The van der Waals surface area contributed by atoms with Gasteiger partial charge >= 0.3 is 0 Å². The van der Waals surface area contributed by atoms with E-state index in [1.54, 1.807) is 43.3 Å². The van der Waals surface area contributed by atoms with Crippen LogP contribution >= 0.6 is 23.2 Å². The van der Waals surface area contributed by atoms with Gasteiger partial charge in [-0.2, -0.15) is 0 Å². The highest BCUT2D eigenvalue weighted by Gasteiger charge is 2.13.